The molecule has 1 rings (SSSR count). The molecule has 0 bridgehead atoms. The lowest BCUT2D eigenvalue weighted by Crippen LogP contribution is -2.54. The quantitative estimate of drug-likeness (QED) is 0.720. The van der Waals surface area contributed by atoms with E-state index in [9.17, 15) is 4.79 Å². The molecule has 0 aliphatic heterocycles. The summed E-state index contributed by atoms with van der Waals surface area (Å²) in [6.07, 6.45) is 0.850. The molecule has 118 valence electrons. The van der Waals surface area contributed by atoms with E-state index in [0.717, 1.165) is 12.0 Å². The number of benzene rings is 1. The third-order valence-electron chi connectivity index (χ3n) is 3.87. The molecule has 0 saturated carbocycles. The van der Waals surface area contributed by atoms with Crippen LogP contribution in [0.3, 0.4) is 0 Å². The summed E-state index contributed by atoms with van der Waals surface area (Å²) < 4.78 is 0. The SMILES string of the molecule is CC(C)CC(C)(CN)NC(=O)C(C)C(N)c1ccccc1. The van der Waals surface area contributed by atoms with Crippen LogP contribution in [-0.4, -0.2) is 18.0 Å². The van der Waals surface area contributed by atoms with E-state index in [4.69, 9.17) is 11.5 Å². The van der Waals surface area contributed by atoms with Crippen molar-refractivity contribution in [3.63, 3.8) is 0 Å². The molecule has 0 radical (unpaired) electrons. The minimum atomic E-state index is -0.379. The number of carbonyl (C=O) groups excluding carboxylic acids is 1. The van der Waals surface area contributed by atoms with Crippen LogP contribution in [0.4, 0.5) is 0 Å². The fourth-order valence-electron chi connectivity index (χ4n) is 2.62. The molecule has 0 fully saturated rings. The van der Waals surface area contributed by atoms with Crippen molar-refractivity contribution in [3.8, 4) is 0 Å². The molecule has 0 heterocycles. The monoisotopic (exact) mass is 291 g/mol. The van der Waals surface area contributed by atoms with Gasteiger partial charge in [-0.2, -0.15) is 0 Å². The maximum atomic E-state index is 12.5. The Morgan fingerprint density at radius 3 is 2.29 bits per heavy atom. The van der Waals surface area contributed by atoms with Crippen LogP contribution >= 0.6 is 0 Å². The van der Waals surface area contributed by atoms with E-state index in [1.807, 2.05) is 44.2 Å². The zero-order valence-electron chi connectivity index (χ0n) is 13.6. The third kappa shape index (κ3) is 5.14. The molecule has 3 unspecified atom stereocenters. The van der Waals surface area contributed by atoms with E-state index in [1.54, 1.807) is 0 Å². The number of carbonyl (C=O) groups is 1. The average Bonchev–Trinajstić information content (AvgIpc) is 2.45. The summed E-state index contributed by atoms with van der Waals surface area (Å²) in [7, 11) is 0. The highest BCUT2D eigenvalue weighted by Crippen LogP contribution is 2.21. The summed E-state index contributed by atoms with van der Waals surface area (Å²) >= 11 is 0. The Morgan fingerprint density at radius 1 is 1.24 bits per heavy atom. The van der Waals surface area contributed by atoms with E-state index >= 15 is 0 Å². The number of amides is 1. The predicted molar refractivity (Wildman–Crippen MR) is 87.6 cm³/mol. The summed E-state index contributed by atoms with van der Waals surface area (Å²) in [6, 6.07) is 9.39. The van der Waals surface area contributed by atoms with Gasteiger partial charge in [0.15, 0.2) is 0 Å². The second-order valence-electron chi connectivity index (χ2n) is 6.58. The topological polar surface area (TPSA) is 81.1 Å². The van der Waals surface area contributed by atoms with Crippen LogP contribution in [0.5, 0.6) is 0 Å². The Morgan fingerprint density at radius 2 is 1.81 bits per heavy atom. The first-order valence-corrected chi connectivity index (χ1v) is 7.61. The lowest BCUT2D eigenvalue weighted by molar-refractivity contribution is -0.127. The number of nitrogens with one attached hydrogen (secondary N) is 1. The number of rotatable bonds is 7. The highest BCUT2D eigenvalue weighted by Gasteiger charge is 2.30. The molecule has 1 amide bonds. The number of hydrogen-bond donors (Lipinski definition) is 3. The van der Waals surface area contributed by atoms with Gasteiger partial charge in [0.05, 0.1) is 5.92 Å². The highest BCUT2D eigenvalue weighted by atomic mass is 16.2. The van der Waals surface area contributed by atoms with E-state index in [0.29, 0.717) is 12.5 Å². The molecule has 5 N–H and O–H groups in total. The highest BCUT2D eigenvalue weighted by molar-refractivity contribution is 5.80. The summed E-state index contributed by atoms with van der Waals surface area (Å²) in [5.41, 5.74) is 12.6. The minimum absolute atomic E-state index is 0.0417. The van der Waals surface area contributed by atoms with Crippen molar-refractivity contribution in [1.82, 2.24) is 5.32 Å². The van der Waals surface area contributed by atoms with Gasteiger partial charge in [-0.25, -0.2) is 0 Å². The van der Waals surface area contributed by atoms with Gasteiger partial charge in [-0.05, 0) is 24.8 Å². The normalized spacial score (nSPS) is 17.1. The molecule has 0 aliphatic carbocycles. The molecule has 3 atom stereocenters. The Bertz CT molecular complexity index is 447. The smallest absolute Gasteiger partial charge is 0.225 e. The lowest BCUT2D eigenvalue weighted by atomic mass is 9.88. The van der Waals surface area contributed by atoms with E-state index in [-0.39, 0.29) is 23.4 Å². The molecular formula is C17H29N3O. The molecule has 4 nitrogen and oxygen atoms in total. The van der Waals surface area contributed by atoms with Gasteiger partial charge >= 0.3 is 0 Å². The summed E-state index contributed by atoms with van der Waals surface area (Å²) in [4.78, 5) is 12.5. The van der Waals surface area contributed by atoms with Crippen LogP contribution in [0, 0.1) is 11.8 Å². The zero-order valence-corrected chi connectivity index (χ0v) is 13.6. The van der Waals surface area contributed by atoms with Gasteiger partial charge in [0.25, 0.3) is 0 Å². The van der Waals surface area contributed by atoms with Crippen LogP contribution < -0.4 is 16.8 Å². The Kier molecular flexibility index (Phi) is 6.37. The van der Waals surface area contributed by atoms with Crippen LogP contribution in [0.2, 0.25) is 0 Å². The van der Waals surface area contributed by atoms with Crippen molar-refractivity contribution in [1.29, 1.82) is 0 Å². The Hall–Kier alpha value is -1.39. The van der Waals surface area contributed by atoms with Crippen LogP contribution in [0.15, 0.2) is 30.3 Å². The lowest BCUT2D eigenvalue weighted by Gasteiger charge is -2.33. The first kappa shape index (κ1) is 17.7. The minimum Gasteiger partial charge on any atom is -0.349 e. The first-order chi connectivity index (χ1) is 9.79. The fraction of sp³-hybridized carbons (Fsp3) is 0.588. The standard InChI is InChI=1S/C17H29N3O/c1-12(2)10-17(4,11-18)20-16(21)13(3)15(19)14-8-6-5-7-9-14/h5-9,12-13,15H,10-11,18-19H2,1-4H3,(H,20,21). The van der Waals surface area contributed by atoms with Gasteiger partial charge in [-0.3, -0.25) is 4.79 Å². The fourth-order valence-corrected chi connectivity index (χ4v) is 2.62. The Labute approximate surface area is 128 Å². The molecule has 0 spiro atoms. The maximum absolute atomic E-state index is 12.5. The average molecular weight is 291 g/mol. The van der Waals surface area contributed by atoms with Crippen molar-refractivity contribution in [2.75, 3.05) is 6.54 Å². The van der Waals surface area contributed by atoms with Gasteiger partial charge in [-0.15, -0.1) is 0 Å². The molecule has 1 aromatic carbocycles. The van der Waals surface area contributed by atoms with Crippen molar-refractivity contribution in [2.24, 2.45) is 23.3 Å². The van der Waals surface area contributed by atoms with Crippen LogP contribution in [0.1, 0.15) is 45.7 Å². The molecule has 0 aliphatic rings. The molecule has 1 aromatic rings. The van der Waals surface area contributed by atoms with Crippen molar-refractivity contribution >= 4 is 5.91 Å². The van der Waals surface area contributed by atoms with Crippen molar-refractivity contribution in [3.05, 3.63) is 35.9 Å². The summed E-state index contributed by atoms with van der Waals surface area (Å²) in [6.45, 7) is 8.52. The van der Waals surface area contributed by atoms with E-state index in [1.165, 1.54) is 0 Å². The third-order valence-corrected chi connectivity index (χ3v) is 3.87. The largest absolute Gasteiger partial charge is 0.349 e. The Balaban J connectivity index is 2.74. The number of hydrogen-bond acceptors (Lipinski definition) is 3. The molecule has 0 aromatic heterocycles. The zero-order chi connectivity index (χ0) is 16.0. The van der Waals surface area contributed by atoms with E-state index in [2.05, 4.69) is 19.2 Å². The molecule has 21 heavy (non-hydrogen) atoms. The molecule has 0 saturated heterocycles. The number of nitrogens with two attached hydrogens (primary N) is 2. The molecular weight excluding hydrogens is 262 g/mol. The van der Waals surface area contributed by atoms with Gasteiger partial charge in [0.1, 0.15) is 0 Å². The van der Waals surface area contributed by atoms with Crippen LogP contribution in [0.25, 0.3) is 0 Å². The van der Waals surface area contributed by atoms with Gasteiger partial charge < -0.3 is 16.8 Å². The summed E-state index contributed by atoms with van der Waals surface area (Å²) in [5, 5.41) is 3.08. The van der Waals surface area contributed by atoms with Crippen molar-refractivity contribution < 1.29 is 4.79 Å². The van der Waals surface area contributed by atoms with Crippen molar-refractivity contribution in [2.45, 2.75) is 45.7 Å². The van der Waals surface area contributed by atoms with Gasteiger partial charge in [0.2, 0.25) is 5.91 Å². The van der Waals surface area contributed by atoms with Crippen LogP contribution in [-0.2, 0) is 4.79 Å². The maximum Gasteiger partial charge on any atom is 0.225 e. The second-order valence-corrected chi connectivity index (χ2v) is 6.58. The van der Waals surface area contributed by atoms with Gasteiger partial charge in [0, 0.05) is 18.1 Å². The first-order valence-electron chi connectivity index (χ1n) is 7.61. The van der Waals surface area contributed by atoms with E-state index < -0.39 is 0 Å². The van der Waals surface area contributed by atoms with Gasteiger partial charge in [-0.1, -0.05) is 51.1 Å². The second kappa shape index (κ2) is 7.57. The molecule has 4 heteroatoms. The summed E-state index contributed by atoms with van der Waals surface area (Å²) in [5.74, 6) is 0.127. The predicted octanol–water partition coefficient (Wildman–Crippen LogP) is 2.20.